The maximum absolute atomic E-state index is 11.5. The molecule has 1 aromatic rings. The number of hydrogen-bond donors (Lipinski definition) is 3. The second-order valence-electron chi connectivity index (χ2n) is 3.33. The lowest BCUT2D eigenvalue weighted by atomic mass is 10.5. The number of hydrogen-bond acceptors (Lipinski definition) is 6. The van der Waals surface area contributed by atoms with Crippen LogP contribution in [0.15, 0.2) is 10.8 Å². The molecular weight excluding hydrogens is 302 g/mol. The quantitative estimate of drug-likeness (QED) is 0.633. The first kappa shape index (κ1) is 14.7. The van der Waals surface area contributed by atoms with E-state index in [0.29, 0.717) is 29.3 Å². The second-order valence-corrected chi connectivity index (χ2v) is 4.12. The molecule has 1 rings (SSSR count). The van der Waals surface area contributed by atoms with E-state index in [0.717, 1.165) is 0 Å². The number of rotatable bonds is 7. The van der Waals surface area contributed by atoms with Crippen molar-refractivity contribution in [2.75, 3.05) is 44.5 Å². The number of anilines is 2. The largest absolute Gasteiger partial charge is 0.383 e. The minimum Gasteiger partial charge on any atom is -0.383 e. The van der Waals surface area contributed by atoms with E-state index in [-0.39, 0.29) is 12.5 Å². The molecular formula is C10H16BrN5O2. The molecule has 0 atom stereocenters. The molecule has 0 saturated heterocycles. The van der Waals surface area contributed by atoms with E-state index in [4.69, 9.17) is 4.74 Å². The molecule has 0 aliphatic carbocycles. The summed E-state index contributed by atoms with van der Waals surface area (Å²) in [7, 11) is 3.34. The van der Waals surface area contributed by atoms with E-state index in [1.807, 2.05) is 0 Å². The molecule has 0 unspecified atom stereocenters. The first-order valence-corrected chi connectivity index (χ1v) is 6.16. The molecule has 7 nitrogen and oxygen atoms in total. The van der Waals surface area contributed by atoms with Gasteiger partial charge in [0.05, 0.1) is 13.2 Å². The fourth-order valence-electron chi connectivity index (χ4n) is 1.19. The number of amides is 1. The van der Waals surface area contributed by atoms with Crippen molar-refractivity contribution in [1.29, 1.82) is 0 Å². The number of halogens is 1. The van der Waals surface area contributed by atoms with Crippen molar-refractivity contribution in [3.8, 4) is 0 Å². The Labute approximate surface area is 114 Å². The average molecular weight is 318 g/mol. The topological polar surface area (TPSA) is 88.2 Å². The average Bonchev–Trinajstić information content (AvgIpc) is 2.38. The van der Waals surface area contributed by atoms with Crippen molar-refractivity contribution in [1.82, 2.24) is 15.3 Å². The SMILES string of the molecule is CNc1ncnc(NCC(=O)NCCOC)c1Br. The van der Waals surface area contributed by atoms with Gasteiger partial charge in [0.25, 0.3) is 0 Å². The number of nitrogens with one attached hydrogen (secondary N) is 3. The Morgan fingerprint density at radius 2 is 2.17 bits per heavy atom. The number of carbonyl (C=O) groups excluding carboxylic acids is 1. The zero-order chi connectivity index (χ0) is 13.4. The summed E-state index contributed by atoms with van der Waals surface area (Å²) in [6.07, 6.45) is 1.42. The van der Waals surface area contributed by atoms with Crippen LogP contribution < -0.4 is 16.0 Å². The molecule has 0 radical (unpaired) electrons. The Morgan fingerprint density at radius 3 is 2.83 bits per heavy atom. The minimum atomic E-state index is -0.122. The van der Waals surface area contributed by atoms with Gasteiger partial charge in [0.2, 0.25) is 5.91 Å². The van der Waals surface area contributed by atoms with Crippen LogP contribution in [0.3, 0.4) is 0 Å². The Morgan fingerprint density at radius 1 is 1.44 bits per heavy atom. The van der Waals surface area contributed by atoms with Crippen LogP contribution in [0.4, 0.5) is 11.6 Å². The third-order valence-corrected chi connectivity index (χ3v) is 2.82. The maximum atomic E-state index is 11.5. The van der Waals surface area contributed by atoms with Crippen molar-refractivity contribution < 1.29 is 9.53 Å². The van der Waals surface area contributed by atoms with Crippen LogP contribution in [0.1, 0.15) is 0 Å². The fourth-order valence-corrected chi connectivity index (χ4v) is 1.73. The third kappa shape index (κ3) is 4.46. The smallest absolute Gasteiger partial charge is 0.239 e. The van der Waals surface area contributed by atoms with Gasteiger partial charge in [0.15, 0.2) is 0 Å². The van der Waals surface area contributed by atoms with Crippen molar-refractivity contribution >= 4 is 33.5 Å². The lowest BCUT2D eigenvalue weighted by Crippen LogP contribution is -2.32. The van der Waals surface area contributed by atoms with Crippen LogP contribution in [0.25, 0.3) is 0 Å². The molecule has 8 heteroatoms. The lowest BCUT2D eigenvalue weighted by molar-refractivity contribution is -0.119. The molecule has 0 bridgehead atoms. The highest BCUT2D eigenvalue weighted by Gasteiger charge is 2.08. The molecule has 1 amide bonds. The van der Waals surface area contributed by atoms with E-state index in [2.05, 4.69) is 41.8 Å². The highest BCUT2D eigenvalue weighted by molar-refractivity contribution is 9.10. The van der Waals surface area contributed by atoms with Crippen LogP contribution >= 0.6 is 15.9 Å². The van der Waals surface area contributed by atoms with Gasteiger partial charge < -0.3 is 20.7 Å². The molecule has 3 N–H and O–H groups in total. The molecule has 100 valence electrons. The molecule has 0 fully saturated rings. The van der Waals surface area contributed by atoms with Gasteiger partial charge in [-0.25, -0.2) is 9.97 Å². The van der Waals surface area contributed by atoms with Gasteiger partial charge in [-0.15, -0.1) is 0 Å². The summed E-state index contributed by atoms with van der Waals surface area (Å²) in [5.41, 5.74) is 0. The summed E-state index contributed by atoms with van der Waals surface area (Å²) in [6, 6.07) is 0. The molecule has 0 spiro atoms. The van der Waals surface area contributed by atoms with Crippen molar-refractivity contribution in [2.45, 2.75) is 0 Å². The van der Waals surface area contributed by atoms with Gasteiger partial charge in [-0.1, -0.05) is 0 Å². The summed E-state index contributed by atoms with van der Waals surface area (Å²) >= 11 is 3.35. The number of nitrogens with zero attached hydrogens (tertiary/aromatic N) is 2. The standard InChI is InChI=1S/C10H16BrN5O2/c1-12-9-8(11)10(16-6-15-9)14-5-7(17)13-3-4-18-2/h6H,3-5H2,1-2H3,(H,13,17)(H2,12,14,15,16). The van der Waals surface area contributed by atoms with E-state index in [1.54, 1.807) is 14.2 Å². The maximum Gasteiger partial charge on any atom is 0.239 e. The minimum absolute atomic E-state index is 0.122. The predicted octanol–water partition coefficient (Wildman–Crippen LogP) is 0.455. The molecule has 18 heavy (non-hydrogen) atoms. The van der Waals surface area contributed by atoms with Crippen LogP contribution in [-0.2, 0) is 9.53 Å². The van der Waals surface area contributed by atoms with Crippen molar-refractivity contribution in [3.05, 3.63) is 10.8 Å². The summed E-state index contributed by atoms with van der Waals surface area (Å²) < 4.78 is 5.52. The highest BCUT2D eigenvalue weighted by atomic mass is 79.9. The summed E-state index contributed by atoms with van der Waals surface area (Å²) in [5.74, 6) is 1.10. The van der Waals surface area contributed by atoms with Gasteiger partial charge in [-0.05, 0) is 15.9 Å². The fraction of sp³-hybridized carbons (Fsp3) is 0.500. The Balaban J connectivity index is 2.46. The van der Waals surface area contributed by atoms with Gasteiger partial charge in [0, 0.05) is 20.7 Å². The molecule has 0 aliphatic heterocycles. The number of aromatic nitrogens is 2. The summed E-state index contributed by atoms with van der Waals surface area (Å²) in [6.45, 7) is 1.12. The summed E-state index contributed by atoms with van der Waals surface area (Å²) in [4.78, 5) is 19.5. The van der Waals surface area contributed by atoms with Crippen LogP contribution in [-0.4, -0.2) is 49.7 Å². The monoisotopic (exact) mass is 317 g/mol. The first-order valence-electron chi connectivity index (χ1n) is 5.36. The van der Waals surface area contributed by atoms with Crippen LogP contribution in [0.2, 0.25) is 0 Å². The molecule has 1 heterocycles. The van der Waals surface area contributed by atoms with Crippen molar-refractivity contribution in [3.63, 3.8) is 0 Å². The normalized spacial score (nSPS) is 9.94. The van der Waals surface area contributed by atoms with Crippen LogP contribution in [0.5, 0.6) is 0 Å². The number of ether oxygens (including phenoxy) is 1. The molecule has 0 saturated carbocycles. The zero-order valence-corrected chi connectivity index (χ0v) is 11.9. The Kier molecular flexibility index (Phi) is 6.37. The second kappa shape index (κ2) is 7.83. The molecule has 0 aliphatic rings. The lowest BCUT2D eigenvalue weighted by Gasteiger charge is -2.10. The Hall–Kier alpha value is -1.41. The van der Waals surface area contributed by atoms with Crippen LogP contribution in [0, 0.1) is 0 Å². The van der Waals surface area contributed by atoms with Gasteiger partial charge in [-0.3, -0.25) is 4.79 Å². The predicted molar refractivity (Wildman–Crippen MR) is 72.7 cm³/mol. The van der Waals surface area contributed by atoms with Gasteiger partial charge >= 0.3 is 0 Å². The van der Waals surface area contributed by atoms with E-state index >= 15 is 0 Å². The Bertz CT molecular complexity index is 402. The molecule has 1 aromatic heterocycles. The summed E-state index contributed by atoms with van der Waals surface area (Å²) in [5, 5.41) is 8.53. The van der Waals surface area contributed by atoms with Gasteiger partial charge in [-0.2, -0.15) is 0 Å². The first-order chi connectivity index (χ1) is 8.69. The van der Waals surface area contributed by atoms with E-state index in [1.165, 1.54) is 6.33 Å². The highest BCUT2D eigenvalue weighted by Crippen LogP contribution is 2.25. The molecule has 0 aromatic carbocycles. The van der Waals surface area contributed by atoms with Gasteiger partial charge in [0.1, 0.15) is 22.4 Å². The van der Waals surface area contributed by atoms with Crippen molar-refractivity contribution in [2.24, 2.45) is 0 Å². The third-order valence-electron chi connectivity index (χ3n) is 2.07. The van der Waals surface area contributed by atoms with E-state index < -0.39 is 0 Å². The van der Waals surface area contributed by atoms with E-state index in [9.17, 15) is 4.79 Å². The zero-order valence-electron chi connectivity index (χ0n) is 10.3. The number of methoxy groups -OCH3 is 1. The number of carbonyl (C=O) groups is 1.